The van der Waals surface area contributed by atoms with Gasteiger partial charge in [-0.3, -0.25) is 9.59 Å². The fourth-order valence-corrected chi connectivity index (χ4v) is 3.95. The topological polar surface area (TPSA) is 79.1 Å². The highest BCUT2D eigenvalue weighted by molar-refractivity contribution is 7.16. The smallest absolute Gasteiger partial charge is 0.325 e. The van der Waals surface area contributed by atoms with Crippen LogP contribution < -0.4 is 14.3 Å². The van der Waals surface area contributed by atoms with Crippen molar-refractivity contribution in [1.29, 1.82) is 0 Å². The van der Waals surface area contributed by atoms with Crippen LogP contribution in [0, 0.1) is 0 Å². The molecule has 28 heavy (non-hydrogen) atoms. The van der Waals surface area contributed by atoms with Gasteiger partial charge in [0.15, 0.2) is 16.3 Å². The maximum absolute atomic E-state index is 12.6. The van der Waals surface area contributed by atoms with E-state index in [4.69, 9.17) is 25.8 Å². The van der Waals surface area contributed by atoms with Crippen molar-refractivity contribution in [2.75, 3.05) is 20.3 Å². The Bertz CT molecular complexity index is 1130. The SMILES string of the molecule is COC(=O)Cn1c(=NC(=O)c2ccc(Cl)cc2)sc2cc3c(cc21)OCCO3. The van der Waals surface area contributed by atoms with Gasteiger partial charge in [-0.1, -0.05) is 22.9 Å². The largest absolute Gasteiger partial charge is 0.486 e. The molecular weight excluding hydrogens is 404 g/mol. The lowest BCUT2D eigenvalue weighted by molar-refractivity contribution is -0.141. The minimum absolute atomic E-state index is 0.0805. The standard InChI is InChI=1S/C19H15ClN2O5S/c1-25-17(23)10-22-13-8-14-15(27-7-6-26-14)9-16(13)28-19(22)21-18(24)11-2-4-12(20)5-3-11/h2-5,8-9H,6-7,10H2,1H3. The lowest BCUT2D eigenvalue weighted by atomic mass is 10.2. The summed E-state index contributed by atoms with van der Waals surface area (Å²) in [5, 5.41) is 0.532. The highest BCUT2D eigenvalue weighted by Gasteiger charge is 2.18. The number of hydrogen-bond donors (Lipinski definition) is 0. The first-order valence-electron chi connectivity index (χ1n) is 8.39. The lowest BCUT2D eigenvalue weighted by Crippen LogP contribution is -2.22. The number of amides is 1. The summed E-state index contributed by atoms with van der Waals surface area (Å²) in [4.78, 5) is 29.1. The van der Waals surface area contributed by atoms with Gasteiger partial charge in [0.25, 0.3) is 5.91 Å². The molecule has 0 unspecified atom stereocenters. The molecule has 7 nitrogen and oxygen atoms in total. The van der Waals surface area contributed by atoms with Crippen LogP contribution in [0.1, 0.15) is 10.4 Å². The molecule has 0 aliphatic carbocycles. The Morgan fingerprint density at radius 3 is 2.54 bits per heavy atom. The van der Waals surface area contributed by atoms with Crippen molar-refractivity contribution in [2.45, 2.75) is 6.54 Å². The summed E-state index contributed by atoms with van der Waals surface area (Å²) in [6, 6.07) is 10.1. The number of benzene rings is 2. The first-order chi connectivity index (χ1) is 13.5. The molecule has 144 valence electrons. The van der Waals surface area contributed by atoms with Crippen LogP contribution in [-0.2, 0) is 16.1 Å². The van der Waals surface area contributed by atoms with Gasteiger partial charge in [0.1, 0.15) is 19.8 Å². The van der Waals surface area contributed by atoms with Crippen LogP contribution >= 0.6 is 22.9 Å². The van der Waals surface area contributed by atoms with Crippen LogP contribution in [0.3, 0.4) is 0 Å². The van der Waals surface area contributed by atoms with Gasteiger partial charge >= 0.3 is 5.97 Å². The van der Waals surface area contributed by atoms with E-state index in [-0.39, 0.29) is 6.54 Å². The van der Waals surface area contributed by atoms with Crippen molar-refractivity contribution in [2.24, 2.45) is 4.99 Å². The zero-order valence-electron chi connectivity index (χ0n) is 14.8. The third-order valence-corrected chi connectivity index (χ3v) is 5.44. The Kier molecular flexibility index (Phi) is 5.06. The minimum Gasteiger partial charge on any atom is -0.486 e. The van der Waals surface area contributed by atoms with E-state index < -0.39 is 11.9 Å². The molecule has 3 aromatic rings. The molecule has 1 aliphatic rings. The molecule has 0 N–H and O–H groups in total. The van der Waals surface area contributed by atoms with Gasteiger partial charge in [-0.25, -0.2) is 0 Å². The molecule has 0 saturated heterocycles. The van der Waals surface area contributed by atoms with E-state index in [2.05, 4.69) is 4.99 Å². The Morgan fingerprint density at radius 1 is 1.18 bits per heavy atom. The fraction of sp³-hybridized carbons (Fsp3) is 0.211. The van der Waals surface area contributed by atoms with Crippen LogP contribution in [0.2, 0.25) is 5.02 Å². The summed E-state index contributed by atoms with van der Waals surface area (Å²) in [5.41, 5.74) is 1.11. The average molecular weight is 419 g/mol. The predicted octanol–water partition coefficient (Wildman–Crippen LogP) is 3.04. The van der Waals surface area contributed by atoms with Crippen molar-refractivity contribution in [3.8, 4) is 11.5 Å². The van der Waals surface area contributed by atoms with E-state index in [1.165, 1.54) is 18.4 Å². The number of carbonyl (C=O) groups is 2. The Hall–Kier alpha value is -2.84. The number of halogens is 1. The highest BCUT2D eigenvalue weighted by Crippen LogP contribution is 2.35. The summed E-state index contributed by atoms with van der Waals surface area (Å²) in [7, 11) is 1.31. The number of rotatable bonds is 3. The Balaban J connectivity index is 1.85. The molecule has 0 atom stereocenters. The summed E-state index contributed by atoms with van der Waals surface area (Å²) in [5.74, 6) is 0.334. The second kappa shape index (κ2) is 7.65. The molecule has 2 aromatic carbocycles. The molecular formula is C19H15ClN2O5S. The number of hydrogen-bond acceptors (Lipinski definition) is 6. The van der Waals surface area contributed by atoms with E-state index in [1.54, 1.807) is 34.9 Å². The van der Waals surface area contributed by atoms with E-state index >= 15 is 0 Å². The maximum Gasteiger partial charge on any atom is 0.325 e. The number of aromatic nitrogens is 1. The summed E-state index contributed by atoms with van der Waals surface area (Å²) < 4.78 is 18.5. The van der Waals surface area contributed by atoms with Crippen molar-refractivity contribution in [1.82, 2.24) is 4.57 Å². The van der Waals surface area contributed by atoms with Crippen LogP contribution in [0.25, 0.3) is 10.2 Å². The molecule has 1 aromatic heterocycles. The Labute approximate surface area is 168 Å². The second-order valence-electron chi connectivity index (χ2n) is 5.93. The predicted molar refractivity (Wildman–Crippen MR) is 104 cm³/mol. The maximum atomic E-state index is 12.6. The zero-order chi connectivity index (χ0) is 19.7. The highest BCUT2D eigenvalue weighted by atomic mass is 35.5. The van der Waals surface area contributed by atoms with E-state index in [0.717, 1.165) is 4.70 Å². The third kappa shape index (κ3) is 3.61. The van der Waals surface area contributed by atoms with Crippen LogP contribution in [-0.4, -0.2) is 36.8 Å². The molecule has 9 heteroatoms. The van der Waals surface area contributed by atoms with Crippen molar-refractivity contribution in [3.63, 3.8) is 0 Å². The number of esters is 1. The summed E-state index contributed by atoms with van der Waals surface area (Å²) >= 11 is 7.15. The first kappa shape index (κ1) is 18.5. The van der Waals surface area contributed by atoms with Crippen LogP contribution in [0.5, 0.6) is 11.5 Å². The summed E-state index contributed by atoms with van der Waals surface area (Å²) in [6.07, 6.45) is 0. The molecule has 0 spiro atoms. The van der Waals surface area contributed by atoms with Gasteiger partial charge in [0.2, 0.25) is 0 Å². The van der Waals surface area contributed by atoms with Crippen LogP contribution in [0.4, 0.5) is 0 Å². The van der Waals surface area contributed by atoms with Crippen LogP contribution in [0.15, 0.2) is 41.4 Å². The Morgan fingerprint density at radius 2 is 1.86 bits per heavy atom. The van der Waals surface area contributed by atoms with Gasteiger partial charge in [-0.05, 0) is 24.3 Å². The van der Waals surface area contributed by atoms with Gasteiger partial charge < -0.3 is 18.8 Å². The van der Waals surface area contributed by atoms with Crippen molar-refractivity contribution >= 4 is 45.0 Å². The first-order valence-corrected chi connectivity index (χ1v) is 9.59. The molecule has 1 amide bonds. The molecule has 0 radical (unpaired) electrons. The monoisotopic (exact) mass is 418 g/mol. The van der Waals surface area contributed by atoms with Gasteiger partial charge in [0.05, 0.1) is 17.3 Å². The number of thiazole rings is 1. The summed E-state index contributed by atoms with van der Waals surface area (Å²) in [6.45, 7) is 0.840. The fourth-order valence-electron chi connectivity index (χ4n) is 2.78. The quantitative estimate of drug-likeness (QED) is 0.611. The average Bonchev–Trinajstić information content (AvgIpc) is 3.02. The third-order valence-electron chi connectivity index (χ3n) is 4.15. The molecule has 1 aliphatic heterocycles. The van der Waals surface area contributed by atoms with E-state index in [1.807, 2.05) is 6.07 Å². The number of methoxy groups -OCH3 is 1. The second-order valence-corrected chi connectivity index (χ2v) is 7.38. The van der Waals surface area contributed by atoms with E-state index in [9.17, 15) is 9.59 Å². The molecule has 0 saturated carbocycles. The molecule has 2 heterocycles. The van der Waals surface area contributed by atoms with Crippen molar-refractivity contribution in [3.05, 3.63) is 51.8 Å². The molecule has 4 rings (SSSR count). The van der Waals surface area contributed by atoms with E-state index in [0.29, 0.717) is 45.6 Å². The number of carbonyl (C=O) groups excluding carboxylic acids is 2. The van der Waals surface area contributed by atoms with Gasteiger partial charge in [-0.2, -0.15) is 4.99 Å². The normalized spacial score (nSPS) is 13.6. The van der Waals surface area contributed by atoms with Crippen molar-refractivity contribution < 1.29 is 23.8 Å². The minimum atomic E-state index is -0.449. The zero-order valence-corrected chi connectivity index (χ0v) is 16.4. The number of ether oxygens (including phenoxy) is 3. The number of fused-ring (bicyclic) bond motifs is 2. The molecule has 0 bridgehead atoms. The lowest BCUT2D eigenvalue weighted by Gasteiger charge is -2.18. The van der Waals surface area contributed by atoms with Gasteiger partial charge in [0, 0.05) is 22.7 Å². The van der Waals surface area contributed by atoms with Gasteiger partial charge in [-0.15, -0.1) is 0 Å². The number of nitrogens with zero attached hydrogens (tertiary/aromatic N) is 2. The molecule has 0 fully saturated rings.